The second-order valence-corrected chi connectivity index (χ2v) is 6.38. The van der Waals surface area contributed by atoms with Crippen LogP contribution in [0.1, 0.15) is 40.7 Å². The Labute approximate surface area is 118 Å². The zero-order valence-corrected chi connectivity index (χ0v) is 12.2. The fourth-order valence-electron chi connectivity index (χ4n) is 2.59. The number of aryl methyl sites for hydroxylation is 1. The van der Waals surface area contributed by atoms with Crippen LogP contribution >= 0.6 is 11.3 Å². The van der Waals surface area contributed by atoms with Crippen molar-refractivity contribution in [1.82, 2.24) is 5.32 Å². The Bertz CT molecular complexity index is 563. The van der Waals surface area contributed by atoms with Crippen molar-refractivity contribution < 1.29 is 4.74 Å². The summed E-state index contributed by atoms with van der Waals surface area (Å²) in [6.07, 6.45) is 1.03. The maximum Gasteiger partial charge on any atom is 0.124 e. The Morgan fingerprint density at radius 2 is 2.11 bits per heavy atom. The largest absolute Gasteiger partial charge is 0.493 e. The highest BCUT2D eigenvalue weighted by Crippen LogP contribution is 2.34. The molecule has 0 saturated heterocycles. The van der Waals surface area contributed by atoms with Crippen LogP contribution < -0.4 is 10.1 Å². The fourth-order valence-corrected chi connectivity index (χ4v) is 3.47. The molecule has 1 aliphatic rings. The highest BCUT2D eigenvalue weighted by Gasteiger charge is 2.22. The molecule has 2 unspecified atom stereocenters. The van der Waals surface area contributed by atoms with E-state index in [1.807, 2.05) is 17.4 Å². The van der Waals surface area contributed by atoms with Gasteiger partial charge < -0.3 is 10.1 Å². The Hall–Kier alpha value is -1.32. The van der Waals surface area contributed by atoms with E-state index >= 15 is 0 Å². The van der Waals surface area contributed by atoms with Gasteiger partial charge in [0.15, 0.2) is 0 Å². The molecule has 1 N–H and O–H groups in total. The van der Waals surface area contributed by atoms with Crippen LogP contribution in [0.4, 0.5) is 0 Å². The van der Waals surface area contributed by atoms with E-state index in [1.54, 1.807) is 0 Å². The summed E-state index contributed by atoms with van der Waals surface area (Å²) in [5, 5.41) is 3.74. The van der Waals surface area contributed by atoms with Crippen LogP contribution in [0.5, 0.6) is 5.75 Å². The summed E-state index contributed by atoms with van der Waals surface area (Å²) in [5.41, 5.74) is 1.29. The van der Waals surface area contributed by atoms with E-state index in [-0.39, 0.29) is 0 Å². The highest BCUT2D eigenvalue weighted by atomic mass is 32.1. The number of rotatable bonds is 3. The van der Waals surface area contributed by atoms with Crippen molar-refractivity contribution in [1.29, 1.82) is 0 Å². The average molecular weight is 273 g/mol. The molecule has 0 saturated carbocycles. The van der Waals surface area contributed by atoms with Gasteiger partial charge in [-0.05, 0) is 32.0 Å². The van der Waals surface area contributed by atoms with Gasteiger partial charge in [-0.1, -0.05) is 18.2 Å². The standard InChI is InChI=1S/C16H19NOS/c1-11-7-8-16(19-11)12(2)17-14-9-10-18-15-6-4-3-5-13(14)15/h3-8,12,14,17H,9-10H2,1-2H3. The summed E-state index contributed by atoms with van der Waals surface area (Å²) in [6.45, 7) is 5.19. The molecule has 0 spiro atoms. The van der Waals surface area contributed by atoms with Crippen molar-refractivity contribution in [3.63, 3.8) is 0 Å². The number of para-hydroxylation sites is 1. The summed E-state index contributed by atoms with van der Waals surface area (Å²) >= 11 is 1.87. The molecule has 1 aromatic heterocycles. The summed E-state index contributed by atoms with van der Waals surface area (Å²) in [6, 6.07) is 13.5. The minimum atomic E-state index is 0.384. The molecule has 2 nitrogen and oxygen atoms in total. The molecule has 0 aliphatic carbocycles. The Morgan fingerprint density at radius 3 is 2.89 bits per heavy atom. The van der Waals surface area contributed by atoms with E-state index < -0.39 is 0 Å². The van der Waals surface area contributed by atoms with Crippen molar-refractivity contribution in [3.8, 4) is 5.75 Å². The average Bonchev–Trinajstić information content (AvgIpc) is 2.86. The van der Waals surface area contributed by atoms with Crippen molar-refractivity contribution >= 4 is 11.3 Å². The summed E-state index contributed by atoms with van der Waals surface area (Å²) in [5.74, 6) is 1.03. The summed E-state index contributed by atoms with van der Waals surface area (Å²) in [7, 11) is 0. The van der Waals surface area contributed by atoms with E-state index in [9.17, 15) is 0 Å². The third kappa shape index (κ3) is 2.67. The molecule has 100 valence electrons. The first kappa shape index (κ1) is 12.7. The normalized spacial score (nSPS) is 19.6. The van der Waals surface area contributed by atoms with E-state index in [0.717, 1.165) is 18.8 Å². The first-order valence-electron chi connectivity index (χ1n) is 6.78. The van der Waals surface area contributed by atoms with E-state index in [2.05, 4.69) is 49.5 Å². The number of thiophene rings is 1. The summed E-state index contributed by atoms with van der Waals surface area (Å²) in [4.78, 5) is 2.78. The Kier molecular flexibility index (Phi) is 3.58. The predicted octanol–water partition coefficient (Wildman–Crippen LogP) is 4.23. The van der Waals surface area contributed by atoms with Gasteiger partial charge in [-0.25, -0.2) is 0 Å². The number of hydrogen-bond acceptors (Lipinski definition) is 3. The molecule has 0 radical (unpaired) electrons. The third-order valence-electron chi connectivity index (χ3n) is 3.60. The first-order chi connectivity index (χ1) is 9.24. The smallest absolute Gasteiger partial charge is 0.124 e. The van der Waals surface area contributed by atoms with Gasteiger partial charge in [0.05, 0.1) is 6.61 Å². The van der Waals surface area contributed by atoms with E-state index in [0.29, 0.717) is 12.1 Å². The number of benzene rings is 1. The molecule has 1 aliphatic heterocycles. The molecule has 2 atom stereocenters. The Balaban J connectivity index is 1.77. The van der Waals surface area contributed by atoms with Crippen molar-refractivity contribution in [2.24, 2.45) is 0 Å². The predicted molar refractivity (Wildman–Crippen MR) is 79.9 cm³/mol. The molecule has 2 aromatic rings. The van der Waals surface area contributed by atoms with Crippen LogP contribution in [-0.4, -0.2) is 6.61 Å². The van der Waals surface area contributed by atoms with Crippen LogP contribution in [0.25, 0.3) is 0 Å². The quantitative estimate of drug-likeness (QED) is 0.903. The molecule has 3 heteroatoms. The van der Waals surface area contributed by atoms with Gasteiger partial charge in [-0.2, -0.15) is 0 Å². The van der Waals surface area contributed by atoms with Crippen LogP contribution in [0, 0.1) is 6.92 Å². The number of nitrogens with one attached hydrogen (secondary N) is 1. The van der Waals surface area contributed by atoms with Gasteiger partial charge in [-0.3, -0.25) is 0 Å². The second kappa shape index (κ2) is 5.35. The van der Waals surface area contributed by atoms with Gasteiger partial charge in [-0.15, -0.1) is 11.3 Å². The van der Waals surface area contributed by atoms with Crippen LogP contribution in [0.2, 0.25) is 0 Å². The first-order valence-corrected chi connectivity index (χ1v) is 7.60. The number of fused-ring (bicyclic) bond motifs is 1. The minimum Gasteiger partial charge on any atom is -0.493 e. The second-order valence-electron chi connectivity index (χ2n) is 5.06. The molecule has 2 heterocycles. The van der Waals surface area contributed by atoms with Crippen molar-refractivity contribution in [2.45, 2.75) is 32.4 Å². The maximum absolute atomic E-state index is 5.71. The topological polar surface area (TPSA) is 21.3 Å². The lowest BCUT2D eigenvalue weighted by Gasteiger charge is -2.29. The van der Waals surface area contributed by atoms with Crippen molar-refractivity contribution in [3.05, 3.63) is 51.7 Å². The lowest BCUT2D eigenvalue weighted by Crippen LogP contribution is -2.28. The third-order valence-corrected chi connectivity index (χ3v) is 4.78. The Morgan fingerprint density at radius 1 is 1.26 bits per heavy atom. The van der Waals surface area contributed by atoms with Gasteiger partial charge >= 0.3 is 0 Å². The SMILES string of the molecule is Cc1ccc(C(C)NC2CCOc3ccccc32)s1. The highest BCUT2D eigenvalue weighted by molar-refractivity contribution is 7.12. The lowest BCUT2D eigenvalue weighted by molar-refractivity contribution is 0.246. The molecule has 1 aromatic carbocycles. The number of ether oxygens (including phenoxy) is 1. The lowest BCUT2D eigenvalue weighted by atomic mass is 9.99. The zero-order chi connectivity index (χ0) is 13.2. The molecule has 19 heavy (non-hydrogen) atoms. The van der Waals surface area contributed by atoms with Crippen LogP contribution in [0.3, 0.4) is 0 Å². The van der Waals surface area contributed by atoms with E-state index in [1.165, 1.54) is 15.3 Å². The molecule has 0 fully saturated rings. The maximum atomic E-state index is 5.71. The minimum absolute atomic E-state index is 0.384. The zero-order valence-electron chi connectivity index (χ0n) is 11.3. The molecule has 0 bridgehead atoms. The monoisotopic (exact) mass is 273 g/mol. The molecular weight excluding hydrogens is 254 g/mol. The molecular formula is C16H19NOS. The van der Waals surface area contributed by atoms with Gasteiger partial charge in [0.25, 0.3) is 0 Å². The number of hydrogen-bond donors (Lipinski definition) is 1. The fraction of sp³-hybridized carbons (Fsp3) is 0.375. The van der Waals surface area contributed by atoms with E-state index in [4.69, 9.17) is 4.74 Å². The van der Waals surface area contributed by atoms with Gasteiger partial charge in [0.2, 0.25) is 0 Å². The van der Waals surface area contributed by atoms with Crippen LogP contribution in [0.15, 0.2) is 36.4 Å². The summed E-state index contributed by atoms with van der Waals surface area (Å²) < 4.78 is 5.71. The van der Waals surface area contributed by atoms with Gasteiger partial charge in [0, 0.05) is 33.8 Å². The molecule has 3 rings (SSSR count). The van der Waals surface area contributed by atoms with Crippen molar-refractivity contribution in [2.75, 3.05) is 6.61 Å². The van der Waals surface area contributed by atoms with Gasteiger partial charge in [0.1, 0.15) is 5.75 Å². The molecule has 0 amide bonds. The van der Waals surface area contributed by atoms with Crippen LogP contribution in [-0.2, 0) is 0 Å².